The molecule has 4 nitrogen and oxygen atoms in total. The van der Waals surface area contributed by atoms with Crippen molar-refractivity contribution in [3.8, 4) is 0 Å². The van der Waals surface area contributed by atoms with Gasteiger partial charge in [-0.15, -0.1) is 22.7 Å². The van der Waals surface area contributed by atoms with Gasteiger partial charge >= 0.3 is 0 Å². The lowest BCUT2D eigenvalue weighted by molar-refractivity contribution is 0.0953. The molecule has 96 valence electrons. The summed E-state index contributed by atoms with van der Waals surface area (Å²) < 4.78 is 0. The third kappa shape index (κ3) is 3.36. The van der Waals surface area contributed by atoms with Crippen LogP contribution in [0.4, 0.5) is 0 Å². The fourth-order valence-electron chi connectivity index (χ4n) is 1.40. The highest BCUT2D eigenvalue weighted by atomic mass is 32.1. The minimum atomic E-state index is -0.0953. The summed E-state index contributed by atoms with van der Waals surface area (Å²) in [4.78, 5) is 20.3. The van der Waals surface area contributed by atoms with E-state index in [9.17, 15) is 4.79 Å². The summed E-state index contributed by atoms with van der Waals surface area (Å²) in [6, 6.07) is 0. The number of aromatic nitrogens is 2. The summed E-state index contributed by atoms with van der Waals surface area (Å²) in [7, 11) is 0. The van der Waals surface area contributed by atoms with Gasteiger partial charge < -0.3 is 5.32 Å². The van der Waals surface area contributed by atoms with Crippen LogP contribution in [-0.2, 0) is 6.42 Å². The smallest absolute Gasteiger partial charge is 0.280 e. The Kier molecular flexibility index (Phi) is 4.43. The zero-order valence-corrected chi connectivity index (χ0v) is 12.0. The van der Waals surface area contributed by atoms with Crippen molar-refractivity contribution in [2.75, 3.05) is 6.54 Å². The average Bonchev–Trinajstić information content (AvgIpc) is 2.99. The van der Waals surface area contributed by atoms with E-state index in [1.165, 1.54) is 11.3 Å². The van der Waals surface area contributed by atoms with Gasteiger partial charge in [0.05, 0.1) is 16.9 Å². The second-order valence-electron chi connectivity index (χ2n) is 4.22. The van der Waals surface area contributed by atoms with Gasteiger partial charge in [-0.2, -0.15) is 0 Å². The molecule has 0 saturated carbocycles. The Hall–Kier alpha value is -1.27. The Morgan fingerprint density at radius 2 is 2.28 bits per heavy atom. The predicted octanol–water partition coefficient (Wildman–Crippen LogP) is 2.70. The number of hydrogen-bond donors (Lipinski definition) is 1. The van der Waals surface area contributed by atoms with Crippen molar-refractivity contribution in [3.05, 3.63) is 32.7 Å². The number of rotatable bonds is 5. The molecule has 0 aliphatic heterocycles. The molecule has 2 heterocycles. The average molecular weight is 281 g/mol. The van der Waals surface area contributed by atoms with Crippen LogP contribution in [0.25, 0.3) is 0 Å². The lowest BCUT2D eigenvalue weighted by atomic mass is 10.2. The van der Waals surface area contributed by atoms with E-state index in [1.807, 2.05) is 10.8 Å². The Labute approximate surface area is 114 Å². The molecule has 0 spiro atoms. The largest absolute Gasteiger partial charge is 0.350 e. The predicted molar refractivity (Wildman–Crippen MR) is 74.4 cm³/mol. The van der Waals surface area contributed by atoms with E-state index in [2.05, 4.69) is 29.1 Å². The van der Waals surface area contributed by atoms with E-state index in [-0.39, 0.29) is 5.91 Å². The summed E-state index contributed by atoms with van der Waals surface area (Å²) in [5, 5.41) is 7.34. The van der Waals surface area contributed by atoms with Crippen molar-refractivity contribution >= 4 is 28.6 Å². The minimum absolute atomic E-state index is 0.0953. The minimum Gasteiger partial charge on any atom is -0.350 e. The molecular weight excluding hydrogens is 266 g/mol. The molecule has 2 rings (SSSR count). The van der Waals surface area contributed by atoms with Crippen LogP contribution in [-0.4, -0.2) is 22.4 Å². The fraction of sp³-hybridized carbons (Fsp3) is 0.417. The van der Waals surface area contributed by atoms with Gasteiger partial charge in [-0.25, -0.2) is 9.97 Å². The van der Waals surface area contributed by atoms with Crippen molar-refractivity contribution in [3.63, 3.8) is 0 Å². The van der Waals surface area contributed by atoms with E-state index >= 15 is 0 Å². The molecule has 0 bridgehead atoms. The van der Waals surface area contributed by atoms with Crippen LogP contribution in [0.3, 0.4) is 0 Å². The summed E-state index contributed by atoms with van der Waals surface area (Å²) in [6.07, 6.45) is 0.762. The third-order valence-corrected chi connectivity index (χ3v) is 3.95. The van der Waals surface area contributed by atoms with Crippen LogP contribution < -0.4 is 5.32 Å². The van der Waals surface area contributed by atoms with Crippen LogP contribution in [0.1, 0.15) is 41.0 Å². The van der Waals surface area contributed by atoms with Gasteiger partial charge in [0.1, 0.15) is 0 Å². The van der Waals surface area contributed by atoms with Crippen LogP contribution in [0.2, 0.25) is 0 Å². The molecule has 18 heavy (non-hydrogen) atoms. The number of amides is 1. The lowest BCUT2D eigenvalue weighted by Gasteiger charge is -2.01. The van der Waals surface area contributed by atoms with Crippen LogP contribution in [0, 0.1) is 0 Å². The number of nitrogens with one attached hydrogen (secondary N) is 1. The first-order valence-corrected chi connectivity index (χ1v) is 7.59. The molecule has 0 aliphatic carbocycles. The van der Waals surface area contributed by atoms with Gasteiger partial charge in [-0.1, -0.05) is 13.8 Å². The lowest BCUT2D eigenvalue weighted by Crippen LogP contribution is -2.25. The second-order valence-corrected chi connectivity index (χ2v) is 5.79. The molecule has 0 radical (unpaired) electrons. The molecule has 6 heteroatoms. The van der Waals surface area contributed by atoms with Gasteiger partial charge in [0.2, 0.25) is 0 Å². The first-order valence-electron chi connectivity index (χ1n) is 5.77. The van der Waals surface area contributed by atoms with Gasteiger partial charge in [-0.05, 0) is 5.92 Å². The molecule has 1 amide bonds. The first kappa shape index (κ1) is 13.2. The molecule has 0 unspecified atom stereocenters. The van der Waals surface area contributed by atoms with Gasteiger partial charge in [0.25, 0.3) is 5.91 Å². The maximum Gasteiger partial charge on any atom is 0.280 e. The van der Waals surface area contributed by atoms with Crippen LogP contribution in [0.15, 0.2) is 16.3 Å². The highest BCUT2D eigenvalue weighted by Gasteiger charge is 2.12. The Balaban J connectivity index is 1.83. The van der Waals surface area contributed by atoms with Gasteiger partial charge in [-0.3, -0.25) is 4.79 Å². The number of hydrogen-bond acceptors (Lipinski definition) is 5. The number of carbonyl (C=O) groups excluding carboxylic acids is 1. The van der Waals surface area contributed by atoms with Crippen molar-refractivity contribution in [2.24, 2.45) is 0 Å². The summed E-state index contributed by atoms with van der Waals surface area (Å²) >= 11 is 2.96. The molecule has 2 aromatic heterocycles. The van der Waals surface area contributed by atoms with Gasteiger partial charge in [0.15, 0.2) is 5.01 Å². The summed E-state index contributed by atoms with van der Waals surface area (Å²) in [5.74, 6) is 0.264. The highest BCUT2D eigenvalue weighted by molar-refractivity contribution is 7.11. The number of thiazole rings is 2. The number of carbonyl (C=O) groups is 1. The van der Waals surface area contributed by atoms with Crippen molar-refractivity contribution in [1.29, 1.82) is 0 Å². The first-order chi connectivity index (χ1) is 8.66. The van der Waals surface area contributed by atoms with Crippen LogP contribution in [0.5, 0.6) is 0 Å². The number of nitrogens with zero attached hydrogens (tertiary/aromatic N) is 2. The van der Waals surface area contributed by atoms with Crippen molar-refractivity contribution in [2.45, 2.75) is 26.2 Å². The van der Waals surface area contributed by atoms with Crippen molar-refractivity contribution in [1.82, 2.24) is 15.3 Å². The molecule has 0 fully saturated rings. The van der Waals surface area contributed by atoms with E-state index in [0.717, 1.165) is 17.8 Å². The normalized spacial score (nSPS) is 10.8. The van der Waals surface area contributed by atoms with Crippen molar-refractivity contribution < 1.29 is 4.79 Å². The quantitative estimate of drug-likeness (QED) is 0.916. The van der Waals surface area contributed by atoms with E-state index < -0.39 is 0 Å². The van der Waals surface area contributed by atoms with Gasteiger partial charge in [0, 0.05) is 23.7 Å². The molecular formula is C12H15N3OS2. The summed E-state index contributed by atoms with van der Waals surface area (Å²) in [5.41, 5.74) is 3.79. The molecule has 2 aromatic rings. The monoisotopic (exact) mass is 281 g/mol. The standard InChI is InChI=1S/C12H15N3OS2/c1-8(2)10-6-18-12(15-10)11(16)13-4-3-9-5-17-7-14-9/h5-8H,3-4H2,1-2H3,(H,13,16). The SMILES string of the molecule is CC(C)c1csc(C(=O)NCCc2cscn2)n1. The second kappa shape index (κ2) is 6.06. The molecule has 0 atom stereocenters. The Morgan fingerprint density at radius 3 is 2.89 bits per heavy atom. The van der Waals surface area contributed by atoms with E-state index in [1.54, 1.807) is 16.8 Å². The zero-order chi connectivity index (χ0) is 13.0. The Morgan fingerprint density at radius 1 is 1.44 bits per heavy atom. The van der Waals surface area contributed by atoms with E-state index in [4.69, 9.17) is 0 Å². The molecule has 0 aromatic carbocycles. The molecule has 1 N–H and O–H groups in total. The fourth-order valence-corrected chi connectivity index (χ4v) is 2.88. The molecule has 0 saturated heterocycles. The topological polar surface area (TPSA) is 54.9 Å². The van der Waals surface area contributed by atoms with Crippen LogP contribution >= 0.6 is 22.7 Å². The Bertz CT molecular complexity index is 505. The highest BCUT2D eigenvalue weighted by Crippen LogP contribution is 2.17. The summed E-state index contributed by atoms with van der Waals surface area (Å²) in [6.45, 7) is 4.73. The zero-order valence-electron chi connectivity index (χ0n) is 10.3. The third-order valence-electron chi connectivity index (χ3n) is 2.46. The molecule has 0 aliphatic rings. The maximum absolute atomic E-state index is 11.8. The van der Waals surface area contributed by atoms with E-state index in [0.29, 0.717) is 17.5 Å². The maximum atomic E-state index is 11.8.